The lowest BCUT2D eigenvalue weighted by Gasteiger charge is -2.38. The minimum absolute atomic E-state index is 0.0475. The fraction of sp³-hybridized carbons (Fsp3) is 0.458. The molecule has 10 heteroatoms. The van der Waals surface area contributed by atoms with Crippen LogP contribution in [0.5, 0.6) is 0 Å². The van der Waals surface area contributed by atoms with Gasteiger partial charge in [-0.05, 0) is 37.3 Å². The van der Waals surface area contributed by atoms with Crippen molar-refractivity contribution >= 4 is 27.3 Å². The van der Waals surface area contributed by atoms with Crippen molar-refractivity contribution in [1.29, 1.82) is 0 Å². The summed E-state index contributed by atoms with van der Waals surface area (Å²) in [5.41, 5.74) is 1.65. The van der Waals surface area contributed by atoms with Crippen molar-refractivity contribution in [2.45, 2.75) is 38.0 Å². The maximum absolute atomic E-state index is 12.6. The van der Waals surface area contributed by atoms with E-state index in [-0.39, 0.29) is 42.1 Å². The number of non-ortho nitro benzene ring substituents is 1. The van der Waals surface area contributed by atoms with E-state index < -0.39 is 14.9 Å². The summed E-state index contributed by atoms with van der Waals surface area (Å²) in [5, 5.41) is 14.2. The molecule has 1 aliphatic heterocycles. The van der Waals surface area contributed by atoms with Crippen LogP contribution in [-0.2, 0) is 25.0 Å². The topological polar surface area (TPSA) is 119 Å². The molecule has 0 unspecified atom stereocenters. The third-order valence-corrected chi connectivity index (χ3v) is 7.48. The van der Waals surface area contributed by atoms with Crippen molar-refractivity contribution in [3.63, 3.8) is 0 Å². The SMILES string of the molecule is Cc1ccc([N+](=O)[O-])cc1N(CCCC(=O)NCC1(c2ccccc2)CCOCC1)S(C)(=O)=O. The lowest BCUT2D eigenvalue weighted by molar-refractivity contribution is -0.384. The van der Waals surface area contributed by atoms with Crippen LogP contribution in [0.4, 0.5) is 11.4 Å². The van der Waals surface area contributed by atoms with E-state index in [2.05, 4.69) is 17.4 Å². The first-order valence-corrected chi connectivity index (χ1v) is 13.1. The molecule has 0 spiro atoms. The Balaban J connectivity index is 1.63. The first kappa shape index (κ1) is 25.6. The number of ether oxygens (including phenoxy) is 1. The fourth-order valence-electron chi connectivity index (χ4n) is 4.31. The molecular formula is C24H31N3O6S. The van der Waals surface area contributed by atoms with Gasteiger partial charge in [0.25, 0.3) is 5.69 Å². The van der Waals surface area contributed by atoms with E-state index in [1.165, 1.54) is 23.8 Å². The van der Waals surface area contributed by atoms with Gasteiger partial charge in [0.05, 0.1) is 16.9 Å². The molecule has 1 saturated heterocycles. The number of amides is 1. The molecule has 34 heavy (non-hydrogen) atoms. The van der Waals surface area contributed by atoms with Crippen molar-refractivity contribution in [1.82, 2.24) is 5.32 Å². The number of hydrogen-bond donors (Lipinski definition) is 1. The van der Waals surface area contributed by atoms with E-state index in [1.54, 1.807) is 6.92 Å². The summed E-state index contributed by atoms with van der Waals surface area (Å²) < 4.78 is 31.5. The molecule has 0 atom stereocenters. The molecule has 184 valence electrons. The fourth-order valence-corrected chi connectivity index (χ4v) is 5.32. The molecule has 0 bridgehead atoms. The molecule has 0 saturated carbocycles. The van der Waals surface area contributed by atoms with Crippen molar-refractivity contribution in [2.24, 2.45) is 0 Å². The number of nitrogens with zero attached hydrogens (tertiary/aromatic N) is 2. The van der Waals surface area contributed by atoms with E-state index >= 15 is 0 Å². The molecule has 2 aromatic carbocycles. The molecule has 0 aromatic heterocycles. The van der Waals surface area contributed by atoms with E-state index in [4.69, 9.17) is 4.74 Å². The van der Waals surface area contributed by atoms with Gasteiger partial charge < -0.3 is 10.1 Å². The van der Waals surface area contributed by atoms with Crippen LogP contribution in [0.3, 0.4) is 0 Å². The van der Waals surface area contributed by atoms with Crippen molar-refractivity contribution in [3.05, 3.63) is 69.8 Å². The molecule has 1 aliphatic rings. The largest absolute Gasteiger partial charge is 0.381 e. The van der Waals surface area contributed by atoms with Gasteiger partial charge in [0, 0.05) is 50.3 Å². The predicted molar refractivity (Wildman–Crippen MR) is 130 cm³/mol. The van der Waals surface area contributed by atoms with Gasteiger partial charge in [-0.1, -0.05) is 36.4 Å². The number of sulfonamides is 1. The summed E-state index contributed by atoms with van der Waals surface area (Å²) in [6.07, 6.45) is 3.10. The molecule has 0 radical (unpaired) electrons. The van der Waals surface area contributed by atoms with Crippen LogP contribution in [0.15, 0.2) is 48.5 Å². The number of benzene rings is 2. The van der Waals surface area contributed by atoms with Gasteiger partial charge >= 0.3 is 0 Å². The average Bonchev–Trinajstić information content (AvgIpc) is 2.81. The number of hydrogen-bond acceptors (Lipinski definition) is 6. The highest BCUT2D eigenvalue weighted by atomic mass is 32.2. The first-order valence-electron chi connectivity index (χ1n) is 11.3. The predicted octanol–water partition coefficient (Wildman–Crippen LogP) is 3.31. The lowest BCUT2D eigenvalue weighted by atomic mass is 9.74. The summed E-state index contributed by atoms with van der Waals surface area (Å²) in [6.45, 7) is 3.50. The quantitative estimate of drug-likeness (QED) is 0.404. The van der Waals surface area contributed by atoms with E-state index in [0.29, 0.717) is 25.3 Å². The molecule has 9 nitrogen and oxygen atoms in total. The summed E-state index contributed by atoms with van der Waals surface area (Å²) in [5.74, 6) is -0.161. The molecule has 1 N–H and O–H groups in total. The Kier molecular flexibility index (Phi) is 8.27. The van der Waals surface area contributed by atoms with Gasteiger partial charge in [-0.25, -0.2) is 8.42 Å². The highest BCUT2D eigenvalue weighted by Crippen LogP contribution is 2.34. The van der Waals surface area contributed by atoms with E-state index in [0.717, 1.165) is 23.4 Å². The maximum Gasteiger partial charge on any atom is 0.271 e. The number of carbonyl (C=O) groups excluding carboxylic acids is 1. The van der Waals surface area contributed by atoms with E-state index in [1.807, 2.05) is 18.2 Å². The Labute approximate surface area is 200 Å². The first-order chi connectivity index (χ1) is 16.1. The second-order valence-corrected chi connectivity index (χ2v) is 10.6. The molecule has 1 heterocycles. The zero-order chi connectivity index (χ0) is 24.8. The molecule has 3 rings (SSSR count). The third kappa shape index (κ3) is 6.32. The van der Waals surface area contributed by atoms with Crippen molar-refractivity contribution in [3.8, 4) is 0 Å². The van der Waals surface area contributed by atoms with Crippen LogP contribution < -0.4 is 9.62 Å². The Morgan fingerprint density at radius 1 is 1.18 bits per heavy atom. The highest BCUT2D eigenvalue weighted by Gasteiger charge is 2.34. The van der Waals surface area contributed by atoms with Gasteiger partial charge in [-0.3, -0.25) is 19.2 Å². The van der Waals surface area contributed by atoms with Crippen LogP contribution in [0.25, 0.3) is 0 Å². The minimum atomic E-state index is -3.69. The summed E-state index contributed by atoms with van der Waals surface area (Å²) in [4.78, 5) is 23.2. The zero-order valence-electron chi connectivity index (χ0n) is 19.5. The Morgan fingerprint density at radius 2 is 1.85 bits per heavy atom. The molecule has 1 fully saturated rings. The van der Waals surface area contributed by atoms with Gasteiger partial charge in [0.2, 0.25) is 15.9 Å². The van der Waals surface area contributed by atoms with Crippen molar-refractivity contribution in [2.75, 3.05) is 36.9 Å². The van der Waals surface area contributed by atoms with Crippen LogP contribution >= 0.6 is 0 Å². The van der Waals surface area contributed by atoms with Crippen LogP contribution in [0.1, 0.15) is 36.8 Å². The van der Waals surface area contributed by atoms with Gasteiger partial charge in [0.1, 0.15) is 0 Å². The molecule has 0 aliphatic carbocycles. The van der Waals surface area contributed by atoms with Crippen LogP contribution in [0.2, 0.25) is 0 Å². The molecule has 1 amide bonds. The standard InChI is InChI=1S/C24H31N3O6S/c1-19-10-11-21(27(29)30)17-22(19)26(34(2,31)32)14-6-9-23(28)25-18-24(12-15-33-16-13-24)20-7-4-3-5-8-20/h3-5,7-8,10-11,17H,6,9,12-16,18H2,1-2H3,(H,25,28). The number of carbonyl (C=O) groups is 1. The smallest absolute Gasteiger partial charge is 0.271 e. The van der Waals surface area contributed by atoms with Gasteiger partial charge in [0.15, 0.2) is 0 Å². The second-order valence-electron chi connectivity index (χ2n) is 8.70. The number of nitrogens with one attached hydrogen (secondary N) is 1. The lowest BCUT2D eigenvalue weighted by Crippen LogP contribution is -2.44. The number of anilines is 1. The summed E-state index contributed by atoms with van der Waals surface area (Å²) >= 11 is 0. The number of nitro benzene ring substituents is 1. The Bertz CT molecular complexity index is 1110. The Morgan fingerprint density at radius 3 is 2.47 bits per heavy atom. The highest BCUT2D eigenvalue weighted by molar-refractivity contribution is 7.92. The zero-order valence-corrected chi connectivity index (χ0v) is 20.3. The summed E-state index contributed by atoms with van der Waals surface area (Å²) in [7, 11) is -3.69. The van der Waals surface area contributed by atoms with Gasteiger partial charge in [-0.15, -0.1) is 0 Å². The maximum atomic E-state index is 12.6. The number of nitro groups is 1. The minimum Gasteiger partial charge on any atom is -0.381 e. The van der Waals surface area contributed by atoms with Crippen LogP contribution in [0, 0.1) is 17.0 Å². The second kappa shape index (κ2) is 11.0. The monoisotopic (exact) mass is 489 g/mol. The van der Waals surface area contributed by atoms with E-state index in [9.17, 15) is 23.3 Å². The number of aryl methyl sites for hydroxylation is 1. The van der Waals surface area contributed by atoms with Gasteiger partial charge in [-0.2, -0.15) is 0 Å². The van der Waals surface area contributed by atoms with Crippen LogP contribution in [-0.4, -0.2) is 51.8 Å². The molecular weight excluding hydrogens is 458 g/mol. The Hall–Kier alpha value is -2.98. The normalized spacial score (nSPS) is 15.5. The third-order valence-electron chi connectivity index (χ3n) is 6.30. The summed E-state index contributed by atoms with van der Waals surface area (Å²) in [6, 6.07) is 14.2. The molecule has 2 aromatic rings. The average molecular weight is 490 g/mol. The number of rotatable bonds is 10. The van der Waals surface area contributed by atoms with Crippen molar-refractivity contribution < 1.29 is 22.9 Å².